The molecule has 8 nitrogen and oxygen atoms in total. The molecule has 0 radical (unpaired) electrons. The smallest absolute Gasteiger partial charge is 0.329 e. The summed E-state index contributed by atoms with van der Waals surface area (Å²) in [5.41, 5.74) is 0.833. The third-order valence-corrected chi connectivity index (χ3v) is 3.46. The van der Waals surface area contributed by atoms with Crippen LogP contribution >= 0.6 is 11.3 Å². The van der Waals surface area contributed by atoms with Gasteiger partial charge in [-0.1, -0.05) is 0 Å². The van der Waals surface area contributed by atoms with Gasteiger partial charge in [-0.2, -0.15) is 4.98 Å². The van der Waals surface area contributed by atoms with Gasteiger partial charge in [-0.3, -0.25) is 10.1 Å². The van der Waals surface area contributed by atoms with Crippen molar-refractivity contribution in [3.63, 3.8) is 0 Å². The highest BCUT2D eigenvalue weighted by molar-refractivity contribution is 7.09. The maximum atomic E-state index is 11.0. The van der Waals surface area contributed by atoms with Gasteiger partial charge in [-0.05, 0) is 13.8 Å². The lowest BCUT2D eigenvalue weighted by Crippen LogP contribution is -2.11. The molecule has 0 aliphatic heterocycles. The Labute approximate surface area is 125 Å². The molecule has 9 heteroatoms. The molecule has 112 valence electrons. The lowest BCUT2D eigenvalue weighted by atomic mass is 10.3. The topological polar surface area (TPSA) is 106 Å². The Morgan fingerprint density at radius 1 is 1.38 bits per heavy atom. The molecule has 0 spiro atoms. The predicted molar refractivity (Wildman–Crippen MR) is 81.9 cm³/mol. The number of hydrogen-bond acceptors (Lipinski definition) is 8. The zero-order valence-electron chi connectivity index (χ0n) is 11.8. The first-order chi connectivity index (χ1) is 10.1. The fourth-order valence-corrected chi connectivity index (χ4v) is 2.36. The van der Waals surface area contributed by atoms with E-state index in [1.54, 1.807) is 11.3 Å². The second kappa shape index (κ2) is 6.93. The Morgan fingerprint density at radius 3 is 2.81 bits per heavy atom. The van der Waals surface area contributed by atoms with E-state index in [1.807, 2.05) is 19.2 Å². The van der Waals surface area contributed by atoms with Crippen LogP contribution in [0.25, 0.3) is 0 Å². The van der Waals surface area contributed by atoms with Crippen molar-refractivity contribution in [2.75, 3.05) is 23.7 Å². The summed E-state index contributed by atoms with van der Waals surface area (Å²) < 4.78 is 0. The van der Waals surface area contributed by atoms with Gasteiger partial charge < -0.3 is 10.6 Å². The van der Waals surface area contributed by atoms with Crippen molar-refractivity contribution < 1.29 is 4.92 Å². The van der Waals surface area contributed by atoms with E-state index in [0.29, 0.717) is 25.5 Å². The summed E-state index contributed by atoms with van der Waals surface area (Å²) in [6.45, 7) is 5.02. The summed E-state index contributed by atoms with van der Waals surface area (Å²) in [5, 5.41) is 19.9. The minimum Gasteiger partial charge on any atom is -0.364 e. The molecule has 2 aromatic heterocycles. The van der Waals surface area contributed by atoms with Crippen molar-refractivity contribution in [1.82, 2.24) is 15.0 Å². The first kappa shape index (κ1) is 15.1. The largest absolute Gasteiger partial charge is 0.364 e. The van der Waals surface area contributed by atoms with Crippen LogP contribution in [0, 0.1) is 17.0 Å². The molecule has 0 saturated heterocycles. The third kappa shape index (κ3) is 4.09. The second-order valence-electron chi connectivity index (χ2n) is 4.25. The van der Waals surface area contributed by atoms with Gasteiger partial charge in [0.25, 0.3) is 0 Å². The van der Waals surface area contributed by atoms with Crippen molar-refractivity contribution in [3.8, 4) is 0 Å². The molecule has 2 heterocycles. The van der Waals surface area contributed by atoms with E-state index < -0.39 is 4.92 Å². The van der Waals surface area contributed by atoms with E-state index in [0.717, 1.165) is 10.7 Å². The van der Waals surface area contributed by atoms with Crippen LogP contribution in [0.15, 0.2) is 11.6 Å². The highest BCUT2D eigenvalue weighted by atomic mass is 32.1. The van der Waals surface area contributed by atoms with E-state index >= 15 is 0 Å². The predicted octanol–water partition coefficient (Wildman–Crippen LogP) is 2.24. The van der Waals surface area contributed by atoms with E-state index in [9.17, 15) is 10.1 Å². The summed E-state index contributed by atoms with van der Waals surface area (Å²) >= 11 is 1.59. The van der Waals surface area contributed by atoms with Gasteiger partial charge in [0.1, 0.15) is 6.20 Å². The fourth-order valence-electron chi connectivity index (χ4n) is 1.71. The number of thiazole rings is 1. The van der Waals surface area contributed by atoms with E-state index in [1.165, 1.54) is 6.20 Å². The zero-order valence-corrected chi connectivity index (χ0v) is 12.6. The maximum absolute atomic E-state index is 11.0. The van der Waals surface area contributed by atoms with Gasteiger partial charge in [-0.25, -0.2) is 9.97 Å². The van der Waals surface area contributed by atoms with Crippen molar-refractivity contribution in [3.05, 3.63) is 32.4 Å². The number of nitrogens with one attached hydrogen (secondary N) is 2. The monoisotopic (exact) mass is 308 g/mol. The first-order valence-electron chi connectivity index (χ1n) is 6.50. The number of aryl methyl sites for hydroxylation is 1. The lowest BCUT2D eigenvalue weighted by molar-refractivity contribution is -0.384. The average Bonchev–Trinajstić information content (AvgIpc) is 2.85. The van der Waals surface area contributed by atoms with Crippen molar-refractivity contribution >= 4 is 28.8 Å². The van der Waals surface area contributed by atoms with Gasteiger partial charge >= 0.3 is 5.69 Å². The van der Waals surface area contributed by atoms with Crippen LogP contribution < -0.4 is 10.6 Å². The molecule has 2 aromatic rings. The molecule has 21 heavy (non-hydrogen) atoms. The SMILES string of the molecule is CCNc1ncc([N+](=O)[O-])c(NCCc2csc(C)n2)n1. The normalized spacial score (nSPS) is 10.4. The zero-order chi connectivity index (χ0) is 15.2. The van der Waals surface area contributed by atoms with Gasteiger partial charge in [0.15, 0.2) is 0 Å². The quantitative estimate of drug-likeness (QED) is 0.596. The van der Waals surface area contributed by atoms with E-state index in [2.05, 4.69) is 25.6 Å². The minimum absolute atomic E-state index is 0.133. The number of nitrogens with zero attached hydrogens (tertiary/aromatic N) is 4. The Kier molecular flexibility index (Phi) is 4.99. The second-order valence-corrected chi connectivity index (χ2v) is 5.31. The molecular formula is C12H16N6O2S. The van der Waals surface area contributed by atoms with Gasteiger partial charge in [0.05, 0.1) is 15.6 Å². The summed E-state index contributed by atoms with van der Waals surface area (Å²) in [7, 11) is 0. The minimum atomic E-state index is -0.495. The number of aromatic nitrogens is 3. The Bertz CT molecular complexity index is 630. The standard InChI is InChI=1S/C12H16N6O2S/c1-3-13-12-15-6-10(18(19)20)11(17-12)14-5-4-9-7-21-8(2)16-9/h6-7H,3-5H2,1-2H3,(H2,13,14,15,17). The molecule has 0 bridgehead atoms. The van der Waals surface area contributed by atoms with Crippen LogP contribution in [0.2, 0.25) is 0 Å². The molecular weight excluding hydrogens is 292 g/mol. The molecule has 2 rings (SSSR count). The summed E-state index contributed by atoms with van der Waals surface area (Å²) in [4.78, 5) is 22.9. The number of anilines is 2. The molecule has 0 saturated carbocycles. The molecule has 0 unspecified atom stereocenters. The first-order valence-corrected chi connectivity index (χ1v) is 7.38. The summed E-state index contributed by atoms with van der Waals surface area (Å²) in [5.74, 6) is 0.591. The van der Waals surface area contributed by atoms with Crippen LogP contribution in [-0.4, -0.2) is 33.0 Å². The molecule has 0 fully saturated rings. The van der Waals surface area contributed by atoms with Gasteiger partial charge in [-0.15, -0.1) is 11.3 Å². The van der Waals surface area contributed by atoms with Crippen LogP contribution in [0.1, 0.15) is 17.6 Å². The van der Waals surface area contributed by atoms with Crippen LogP contribution in [0.4, 0.5) is 17.5 Å². The van der Waals surface area contributed by atoms with Gasteiger partial charge in [0, 0.05) is 24.9 Å². The molecule has 0 aliphatic rings. The van der Waals surface area contributed by atoms with E-state index in [-0.39, 0.29) is 11.5 Å². The summed E-state index contributed by atoms with van der Waals surface area (Å²) in [6.07, 6.45) is 1.89. The Hall–Kier alpha value is -2.29. The fraction of sp³-hybridized carbons (Fsp3) is 0.417. The number of hydrogen-bond donors (Lipinski definition) is 2. The highest BCUT2D eigenvalue weighted by Crippen LogP contribution is 2.21. The van der Waals surface area contributed by atoms with Crippen LogP contribution in [0.5, 0.6) is 0 Å². The average molecular weight is 308 g/mol. The lowest BCUT2D eigenvalue weighted by Gasteiger charge is -2.07. The van der Waals surface area contributed by atoms with E-state index in [4.69, 9.17) is 0 Å². The maximum Gasteiger partial charge on any atom is 0.329 e. The van der Waals surface area contributed by atoms with Crippen molar-refractivity contribution in [2.45, 2.75) is 20.3 Å². The van der Waals surface area contributed by atoms with Crippen molar-refractivity contribution in [1.29, 1.82) is 0 Å². The molecule has 2 N–H and O–H groups in total. The summed E-state index contributed by atoms with van der Waals surface area (Å²) in [6, 6.07) is 0. The highest BCUT2D eigenvalue weighted by Gasteiger charge is 2.16. The van der Waals surface area contributed by atoms with Crippen molar-refractivity contribution in [2.24, 2.45) is 0 Å². The van der Waals surface area contributed by atoms with Crippen LogP contribution in [0.3, 0.4) is 0 Å². The molecule has 0 aliphatic carbocycles. The Morgan fingerprint density at radius 2 is 2.19 bits per heavy atom. The molecule has 0 atom stereocenters. The number of nitro groups is 1. The third-order valence-electron chi connectivity index (χ3n) is 2.64. The molecule has 0 amide bonds. The number of rotatable bonds is 7. The molecule has 0 aromatic carbocycles. The van der Waals surface area contributed by atoms with Crippen LogP contribution in [-0.2, 0) is 6.42 Å². The Balaban J connectivity index is 2.05. The van der Waals surface area contributed by atoms with Gasteiger partial charge in [0.2, 0.25) is 11.8 Å².